The summed E-state index contributed by atoms with van der Waals surface area (Å²) in [6, 6.07) is 0.807. The number of hydrogen-bond donors (Lipinski definition) is 1. The molecule has 1 rings (SSSR count). The van der Waals surface area contributed by atoms with E-state index < -0.39 is 0 Å². The lowest BCUT2D eigenvalue weighted by molar-refractivity contribution is -0.635. The van der Waals surface area contributed by atoms with Crippen molar-refractivity contribution < 1.29 is 5.32 Å². The number of quaternary nitrogens is 1. The van der Waals surface area contributed by atoms with Crippen molar-refractivity contribution in [3.05, 3.63) is 7.05 Å². The minimum absolute atomic E-state index is 0.807. The van der Waals surface area contributed by atoms with Gasteiger partial charge in [0.25, 0.3) is 0 Å². The summed E-state index contributed by atoms with van der Waals surface area (Å²) in [4.78, 5) is 0. The number of hydrogen-bond acceptors (Lipinski definition) is 1. The maximum absolute atomic E-state index is 3.81. The Bertz CT molecular complexity index is 85.0. The van der Waals surface area contributed by atoms with Crippen molar-refractivity contribution in [2.45, 2.75) is 31.1 Å². The summed E-state index contributed by atoms with van der Waals surface area (Å²) in [5, 5.41) is 2.97. The van der Waals surface area contributed by atoms with Crippen molar-refractivity contribution in [1.82, 2.24) is 0 Å². The smallest absolute Gasteiger partial charge is 0.0638 e. The van der Waals surface area contributed by atoms with Crippen LogP contribution in [0.5, 0.6) is 0 Å². The first-order valence-electron chi connectivity index (χ1n) is 3.57. The fraction of sp³-hybridized carbons (Fsp3) is 0.857. The van der Waals surface area contributed by atoms with Crippen LogP contribution < -0.4 is 5.32 Å². The molecule has 0 aromatic rings. The van der Waals surface area contributed by atoms with Gasteiger partial charge in [0.05, 0.1) is 6.04 Å². The molecule has 2 atom stereocenters. The molecule has 0 amide bonds. The van der Waals surface area contributed by atoms with Crippen molar-refractivity contribution in [2.75, 3.05) is 5.75 Å². The van der Waals surface area contributed by atoms with Gasteiger partial charge in [-0.15, -0.1) is 0 Å². The summed E-state index contributed by atoms with van der Waals surface area (Å²) in [6.07, 6.45) is 2.69. The van der Waals surface area contributed by atoms with E-state index in [9.17, 15) is 0 Å². The summed E-state index contributed by atoms with van der Waals surface area (Å²) in [5.74, 6) is 1.33. The van der Waals surface area contributed by atoms with Crippen molar-refractivity contribution >= 4 is 11.8 Å². The van der Waals surface area contributed by atoms with Crippen LogP contribution in [-0.2, 0) is 0 Å². The molecule has 0 spiro atoms. The molecule has 1 aliphatic heterocycles. The van der Waals surface area contributed by atoms with Gasteiger partial charge in [0.2, 0.25) is 0 Å². The van der Waals surface area contributed by atoms with E-state index in [0.717, 1.165) is 11.3 Å². The van der Waals surface area contributed by atoms with E-state index >= 15 is 0 Å². The highest BCUT2D eigenvalue weighted by Gasteiger charge is 2.17. The Morgan fingerprint density at radius 1 is 1.67 bits per heavy atom. The molecule has 0 bridgehead atoms. The van der Waals surface area contributed by atoms with E-state index in [-0.39, 0.29) is 0 Å². The normalized spacial score (nSPS) is 36.7. The van der Waals surface area contributed by atoms with Gasteiger partial charge in [-0.05, 0) is 5.75 Å². The number of rotatable bonds is 1. The molecule has 0 radical (unpaired) electrons. The Morgan fingerprint density at radius 2 is 2.44 bits per heavy atom. The van der Waals surface area contributed by atoms with Crippen LogP contribution >= 0.6 is 11.8 Å². The third-order valence-corrected chi connectivity index (χ3v) is 3.09. The van der Waals surface area contributed by atoms with Gasteiger partial charge in [-0.2, -0.15) is 18.8 Å². The molecule has 0 aliphatic carbocycles. The van der Waals surface area contributed by atoms with Gasteiger partial charge in [0.1, 0.15) is 0 Å². The Morgan fingerprint density at radius 3 is 2.89 bits per heavy atom. The minimum atomic E-state index is 0.807. The molecular formula is C7H15NS. The van der Waals surface area contributed by atoms with Crippen molar-refractivity contribution in [3.63, 3.8) is 0 Å². The highest BCUT2D eigenvalue weighted by Crippen LogP contribution is 2.22. The van der Waals surface area contributed by atoms with Crippen molar-refractivity contribution in [3.8, 4) is 0 Å². The highest BCUT2D eigenvalue weighted by molar-refractivity contribution is 7.99. The molecule has 1 aliphatic rings. The zero-order valence-electron chi connectivity index (χ0n) is 5.97. The molecule has 1 saturated heterocycles. The number of nitrogens with two attached hydrogens (primary N) is 1. The lowest BCUT2D eigenvalue weighted by Gasteiger charge is -2.25. The van der Waals surface area contributed by atoms with E-state index in [1.54, 1.807) is 0 Å². The van der Waals surface area contributed by atoms with Crippen LogP contribution in [-0.4, -0.2) is 17.0 Å². The molecule has 0 aromatic heterocycles. The summed E-state index contributed by atoms with van der Waals surface area (Å²) < 4.78 is 0. The molecule has 54 valence electrons. The third-order valence-electron chi connectivity index (χ3n) is 1.86. The van der Waals surface area contributed by atoms with Gasteiger partial charge < -0.3 is 5.32 Å². The fourth-order valence-electron chi connectivity index (χ4n) is 1.25. The minimum Gasteiger partial charge on any atom is -0.476 e. The largest absolute Gasteiger partial charge is 0.476 e. The topological polar surface area (TPSA) is 16.6 Å². The Kier molecular flexibility index (Phi) is 2.86. The predicted molar refractivity (Wildman–Crippen MR) is 42.2 cm³/mol. The van der Waals surface area contributed by atoms with Crippen LogP contribution in [0.4, 0.5) is 0 Å². The Balaban J connectivity index is 2.23. The predicted octanol–water partition coefficient (Wildman–Crippen LogP) is 0.625. The van der Waals surface area contributed by atoms with Crippen LogP contribution in [0.25, 0.3) is 0 Å². The van der Waals surface area contributed by atoms with Gasteiger partial charge >= 0.3 is 0 Å². The molecule has 9 heavy (non-hydrogen) atoms. The average Bonchev–Trinajstić information content (AvgIpc) is 1.88. The molecule has 1 fully saturated rings. The first-order chi connectivity index (χ1) is 4.33. The average molecular weight is 145 g/mol. The van der Waals surface area contributed by atoms with Gasteiger partial charge in [-0.3, -0.25) is 0 Å². The maximum atomic E-state index is 3.81. The van der Waals surface area contributed by atoms with Crippen LogP contribution in [0.15, 0.2) is 0 Å². The number of thioether (sulfide) groups is 1. The van der Waals surface area contributed by atoms with Gasteiger partial charge in [-0.25, -0.2) is 0 Å². The fourth-order valence-corrected chi connectivity index (χ4v) is 2.47. The van der Waals surface area contributed by atoms with Crippen LogP contribution in [0.2, 0.25) is 0 Å². The molecule has 2 unspecified atom stereocenters. The standard InChI is InChI=1S/C7H15NS/c1-6-5-7(8-2)3-4-9-6/h6-7H,2-5,8H2,1H3. The van der Waals surface area contributed by atoms with Crippen LogP contribution in [0.1, 0.15) is 19.8 Å². The summed E-state index contributed by atoms with van der Waals surface area (Å²) in [7, 11) is 3.81. The molecule has 2 heteroatoms. The van der Waals surface area contributed by atoms with Crippen molar-refractivity contribution in [2.24, 2.45) is 0 Å². The molecular weight excluding hydrogens is 130 g/mol. The van der Waals surface area contributed by atoms with E-state index in [2.05, 4.69) is 31.1 Å². The summed E-state index contributed by atoms with van der Waals surface area (Å²) in [5.41, 5.74) is 0. The quantitative estimate of drug-likeness (QED) is 0.535. The lowest BCUT2D eigenvalue weighted by Crippen LogP contribution is -2.84. The maximum Gasteiger partial charge on any atom is 0.0638 e. The monoisotopic (exact) mass is 145 g/mol. The summed E-state index contributed by atoms with van der Waals surface area (Å²) >= 11 is 2.09. The Hall–Kier alpha value is 0.310. The second-order valence-electron chi connectivity index (χ2n) is 2.70. The molecule has 2 N–H and O–H groups in total. The first-order valence-corrected chi connectivity index (χ1v) is 4.62. The van der Waals surface area contributed by atoms with E-state index in [0.29, 0.717) is 0 Å². The second kappa shape index (κ2) is 3.47. The van der Waals surface area contributed by atoms with Gasteiger partial charge in [0.15, 0.2) is 0 Å². The third kappa shape index (κ3) is 2.18. The van der Waals surface area contributed by atoms with Gasteiger partial charge in [0, 0.05) is 18.1 Å². The highest BCUT2D eigenvalue weighted by atomic mass is 32.2. The zero-order chi connectivity index (χ0) is 6.69. The lowest BCUT2D eigenvalue weighted by atomic mass is 10.1. The molecule has 0 aromatic carbocycles. The SMILES string of the molecule is [CH2-][NH2+]C1CCSC(C)C1. The van der Waals surface area contributed by atoms with E-state index in [1.807, 2.05) is 0 Å². The molecule has 1 nitrogen and oxygen atoms in total. The van der Waals surface area contributed by atoms with Crippen LogP contribution in [0, 0.1) is 7.05 Å². The Labute approximate surface area is 61.6 Å². The summed E-state index contributed by atoms with van der Waals surface area (Å²) in [6.45, 7) is 2.31. The van der Waals surface area contributed by atoms with Crippen LogP contribution in [0.3, 0.4) is 0 Å². The first kappa shape index (κ1) is 7.42. The zero-order valence-corrected chi connectivity index (χ0v) is 6.79. The second-order valence-corrected chi connectivity index (χ2v) is 4.25. The van der Waals surface area contributed by atoms with Crippen molar-refractivity contribution in [1.29, 1.82) is 0 Å². The van der Waals surface area contributed by atoms with E-state index in [1.165, 1.54) is 18.6 Å². The van der Waals surface area contributed by atoms with Gasteiger partial charge in [-0.1, -0.05) is 6.92 Å². The molecule has 0 saturated carbocycles. The van der Waals surface area contributed by atoms with E-state index in [4.69, 9.17) is 0 Å². The molecule has 1 heterocycles.